The molecule has 0 bridgehead atoms. The van der Waals surface area contributed by atoms with Gasteiger partial charge in [0.1, 0.15) is 12.4 Å². The van der Waals surface area contributed by atoms with Crippen LogP contribution in [0.4, 0.5) is 0 Å². The molecule has 6 heteroatoms. The number of nitrogens with two attached hydrogens (primary N) is 1. The Morgan fingerprint density at radius 2 is 1.93 bits per heavy atom. The lowest BCUT2D eigenvalue weighted by Crippen LogP contribution is -2.34. The summed E-state index contributed by atoms with van der Waals surface area (Å²) in [4.78, 5) is 8.52. The molecule has 1 saturated carbocycles. The Balaban J connectivity index is 1.36. The zero-order valence-electron chi connectivity index (χ0n) is 15.0. The smallest absolute Gasteiger partial charge is 0.250 e. The summed E-state index contributed by atoms with van der Waals surface area (Å²) in [6.07, 6.45) is 11.3. The number of ether oxygens (including phenoxy) is 1. The van der Waals surface area contributed by atoms with Gasteiger partial charge in [-0.1, -0.05) is 36.2 Å². The van der Waals surface area contributed by atoms with E-state index in [0.29, 0.717) is 18.3 Å². The zero-order valence-corrected chi connectivity index (χ0v) is 15.0. The molecule has 0 amide bonds. The van der Waals surface area contributed by atoms with E-state index in [1.807, 2.05) is 42.5 Å². The Hall–Kier alpha value is -2.99. The molecule has 2 N–H and O–H groups in total. The number of rotatable bonds is 6. The van der Waals surface area contributed by atoms with Crippen molar-refractivity contribution in [2.24, 2.45) is 5.73 Å². The minimum atomic E-state index is -0.428. The molecule has 0 saturated heterocycles. The van der Waals surface area contributed by atoms with Crippen LogP contribution in [0.1, 0.15) is 48.5 Å². The monoisotopic (exact) mass is 362 g/mol. The van der Waals surface area contributed by atoms with Crippen LogP contribution in [-0.4, -0.2) is 15.1 Å². The van der Waals surface area contributed by atoms with Gasteiger partial charge in [0.15, 0.2) is 5.82 Å². The third-order valence-corrected chi connectivity index (χ3v) is 4.81. The molecule has 138 valence electrons. The van der Waals surface area contributed by atoms with E-state index in [1.54, 1.807) is 18.5 Å². The molecular formula is C21H22N4O2. The Bertz CT molecular complexity index is 897. The highest BCUT2D eigenvalue weighted by Crippen LogP contribution is 2.34. The van der Waals surface area contributed by atoms with Crippen molar-refractivity contribution in [3.63, 3.8) is 0 Å². The molecule has 3 aromatic rings. The number of pyridine rings is 1. The summed E-state index contributed by atoms with van der Waals surface area (Å²) in [6.45, 7) is 0.495. The molecule has 0 aliphatic heterocycles. The topological polar surface area (TPSA) is 87.1 Å². The largest absolute Gasteiger partial charge is 0.489 e. The number of aromatic nitrogens is 3. The number of nitrogens with zero attached hydrogens (tertiary/aromatic N) is 3. The summed E-state index contributed by atoms with van der Waals surface area (Å²) in [7, 11) is 0. The lowest BCUT2D eigenvalue weighted by atomic mass is 9.99. The minimum absolute atomic E-state index is 0.428. The predicted octanol–water partition coefficient (Wildman–Crippen LogP) is 3.94. The first-order chi connectivity index (χ1) is 13.2. The quantitative estimate of drug-likeness (QED) is 0.714. The van der Waals surface area contributed by atoms with E-state index in [0.717, 1.165) is 42.6 Å². The third-order valence-electron chi connectivity index (χ3n) is 4.81. The molecule has 2 aromatic heterocycles. The van der Waals surface area contributed by atoms with Gasteiger partial charge in [0, 0.05) is 24.0 Å². The zero-order chi connectivity index (χ0) is 18.5. The van der Waals surface area contributed by atoms with Crippen molar-refractivity contribution in [3.8, 4) is 5.75 Å². The molecule has 0 radical (unpaired) electrons. The van der Waals surface area contributed by atoms with Crippen LogP contribution in [0.2, 0.25) is 0 Å². The van der Waals surface area contributed by atoms with Gasteiger partial charge < -0.3 is 15.0 Å². The number of benzene rings is 1. The molecule has 6 nitrogen and oxygen atoms in total. The normalized spacial score (nSPS) is 16.0. The summed E-state index contributed by atoms with van der Waals surface area (Å²) in [5.74, 6) is 1.89. The van der Waals surface area contributed by atoms with Crippen molar-refractivity contribution in [3.05, 3.63) is 71.6 Å². The first-order valence-electron chi connectivity index (χ1n) is 9.14. The van der Waals surface area contributed by atoms with Crippen molar-refractivity contribution < 1.29 is 9.26 Å². The van der Waals surface area contributed by atoms with Gasteiger partial charge in [0.25, 0.3) is 5.89 Å². The van der Waals surface area contributed by atoms with Crippen molar-refractivity contribution in [2.45, 2.75) is 37.8 Å². The first kappa shape index (κ1) is 17.4. The van der Waals surface area contributed by atoms with Crippen LogP contribution in [0.5, 0.6) is 5.75 Å². The van der Waals surface area contributed by atoms with Gasteiger partial charge in [-0.05, 0) is 42.7 Å². The van der Waals surface area contributed by atoms with Crippen molar-refractivity contribution in [2.75, 3.05) is 0 Å². The fourth-order valence-corrected chi connectivity index (χ4v) is 3.23. The van der Waals surface area contributed by atoms with E-state index in [4.69, 9.17) is 15.0 Å². The molecule has 0 spiro atoms. The third kappa shape index (κ3) is 4.23. The highest BCUT2D eigenvalue weighted by Gasteiger charge is 2.35. The summed E-state index contributed by atoms with van der Waals surface area (Å²) in [5.41, 5.74) is 7.99. The predicted molar refractivity (Wildman–Crippen MR) is 103 cm³/mol. The Morgan fingerprint density at radius 1 is 1.11 bits per heavy atom. The Labute approximate surface area is 158 Å². The van der Waals surface area contributed by atoms with Gasteiger partial charge in [-0.3, -0.25) is 4.98 Å². The molecule has 4 rings (SSSR count). The highest BCUT2D eigenvalue weighted by molar-refractivity contribution is 5.66. The lowest BCUT2D eigenvalue weighted by Gasteiger charge is -2.17. The maximum absolute atomic E-state index is 6.36. The molecule has 0 atom stereocenters. The second-order valence-electron chi connectivity index (χ2n) is 6.87. The molecular weight excluding hydrogens is 340 g/mol. The molecule has 0 unspecified atom stereocenters. The molecule has 1 fully saturated rings. The van der Waals surface area contributed by atoms with Gasteiger partial charge in [-0.25, -0.2) is 0 Å². The fourth-order valence-electron chi connectivity index (χ4n) is 3.23. The SMILES string of the molecule is NC1(c2noc(/C=C/c3ccc(OCc4cccnc4)cc3)n2)CCCC1. The summed E-state index contributed by atoms with van der Waals surface area (Å²) < 4.78 is 11.1. The van der Waals surface area contributed by atoms with E-state index < -0.39 is 5.54 Å². The van der Waals surface area contributed by atoms with E-state index in [2.05, 4.69) is 15.1 Å². The van der Waals surface area contributed by atoms with Crippen LogP contribution in [-0.2, 0) is 12.1 Å². The summed E-state index contributed by atoms with van der Waals surface area (Å²) in [5, 5.41) is 4.06. The van der Waals surface area contributed by atoms with Crippen LogP contribution in [0.25, 0.3) is 12.2 Å². The van der Waals surface area contributed by atoms with E-state index in [-0.39, 0.29) is 0 Å². The maximum atomic E-state index is 6.36. The van der Waals surface area contributed by atoms with E-state index in [9.17, 15) is 0 Å². The van der Waals surface area contributed by atoms with Gasteiger partial charge in [0.2, 0.25) is 0 Å². The fraction of sp³-hybridized carbons (Fsp3) is 0.286. The second-order valence-corrected chi connectivity index (χ2v) is 6.87. The molecule has 1 aliphatic rings. The summed E-state index contributed by atoms with van der Waals surface area (Å²) >= 11 is 0. The molecule has 1 aromatic carbocycles. The average molecular weight is 362 g/mol. The van der Waals surface area contributed by atoms with Crippen molar-refractivity contribution in [1.82, 2.24) is 15.1 Å². The lowest BCUT2D eigenvalue weighted by molar-refractivity contribution is 0.306. The highest BCUT2D eigenvalue weighted by atomic mass is 16.5. The average Bonchev–Trinajstić information content (AvgIpc) is 3.37. The Morgan fingerprint density at radius 3 is 2.67 bits per heavy atom. The van der Waals surface area contributed by atoms with Crippen LogP contribution in [0.15, 0.2) is 53.3 Å². The second kappa shape index (κ2) is 7.72. The molecule has 1 aliphatic carbocycles. The molecule has 27 heavy (non-hydrogen) atoms. The van der Waals surface area contributed by atoms with Gasteiger partial charge >= 0.3 is 0 Å². The number of hydrogen-bond acceptors (Lipinski definition) is 6. The van der Waals surface area contributed by atoms with Gasteiger partial charge in [0.05, 0.1) is 5.54 Å². The first-order valence-corrected chi connectivity index (χ1v) is 9.14. The van der Waals surface area contributed by atoms with Crippen molar-refractivity contribution in [1.29, 1.82) is 0 Å². The standard InChI is InChI=1S/C21H22N4O2/c22-21(11-1-2-12-21)20-24-19(27-25-20)10-7-16-5-8-18(9-6-16)26-15-17-4-3-13-23-14-17/h3-10,13-14H,1-2,11-12,15,22H2/b10-7+. The van der Waals surface area contributed by atoms with E-state index >= 15 is 0 Å². The van der Waals surface area contributed by atoms with Crippen LogP contribution >= 0.6 is 0 Å². The van der Waals surface area contributed by atoms with E-state index in [1.165, 1.54) is 0 Å². The summed E-state index contributed by atoms with van der Waals surface area (Å²) in [6, 6.07) is 11.7. The minimum Gasteiger partial charge on any atom is -0.489 e. The Kier molecular flexibility index (Phi) is 4.98. The van der Waals surface area contributed by atoms with Crippen LogP contribution in [0.3, 0.4) is 0 Å². The van der Waals surface area contributed by atoms with Gasteiger partial charge in [-0.15, -0.1) is 0 Å². The maximum Gasteiger partial charge on any atom is 0.250 e. The molecule has 2 heterocycles. The number of hydrogen-bond donors (Lipinski definition) is 1. The van der Waals surface area contributed by atoms with Crippen LogP contribution in [0, 0.1) is 0 Å². The van der Waals surface area contributed by atoms with Crippen LogP contribution < -0.4 is 10.5 Å². The van der Waals surface area contributed by atoms with Crippen molar-refractivity contribution >= 4 is 12.2 Å². The van der Waals surface area contributed by atoms with Gasteiger partial charge in [-0.2, -0.15) is 4.98 Å².